The predicted molar refractivity (Wildman–Crippen MR) is 104 cm³/mol. The van der Waals surface area contributed by atoms with E-state index in [1.807, 2.05) is 12.5 Å². The van der Waals surface area contributed by atoms with Crippen LogP contribution in [0, 0.1) is 5.92 Å². The number of hydrogen-bond acceptors (Lipinski definition) is 3. The lowest BCUT2D eigenvalue weighted by atomic mass is 9.79. The Hall–Kier alpha value is -1.65. The average molecular weight is 354 g/mol. The maximum atomic E-state index is 9.52. The van der Waals surface area contributed by atoms with Gasteiger partial charge >= 0.3 is 0 Å². The van der Waals surface area contributed by atoms with Crippen molar-refractivity contribution in [2.75, 3.05) is 6.61 Å². The molecule has 2 aliphatic rings. The Morgan fingerprint density at radius 2 is 2.19 bits per heavy atom. The molecular weight excluding hydrogens is 322 g/mol. The largest absolute Gasteiger partial charge is 0.394 e. The molecule has 1 heterocycles. The van der Waals surface area contributed by atoms with Gasteiger partial charge in [-0.15, -0.1) is 0 Å². The minimum absolute atomic E-state index is 0.104. The van der Waals surface area contributed by atoms with Crippen LogP contribution in [0.15, 0.2) is 30.7 Å². The standard InChI is InChI=1S/C22H31N3O/c1-25-15-24-13-21(25)7-3-16-2-4-18-11-19(6-5-17(18)10-16)20-8-9-22(23,12-20)14-26/h5-6,11,13,15-16,20,26H,2-4,7-10,12,14,23H2,1H3/t16?,20-,22+/m0/s1. The molecule has 0 radical (unpaired) electrons. The molecule has 26 heavy (non-hydrogen) atoms. The highest BCUT2D eigenvalue weighted by Gasteiger charge is 2.36. The zero-order valence-electron chi connectivity index (χ0n) is 15.8. The van der Waals surface area contributed by atoms with Crippen molar-refractivity contribution in [1.82, 2.24) is 9.55 Å². The van der Waals surface area contributed by atoms with Gasteiger partial charge in [0.1, 0.15) is 0 Å². The van der Waals surface area contributed by atoms with E-state index in [1.165, 1.54) is 48.1 Å². The van der Waals surface area contributed by atoms with Gasteiger partial charge in [0.15, 0.2) is 0 Å². The number of benzene rings is 1. The first kappa shape index (κ1) is 17.7. The maximum Gasteiger partial charge on any atom is 0.0945 e. The molecule has 2 aliphatic carbocycles. The van der Waals surface area contributed by atoms with Gasteiger partial charge < -0.3 is 15.4 Å². The molecule has 1 unspecified atom stereocenters. The monoisotopic (exact) mass is 353 g/mol. The van der Waals surface area contributed by atoms with E-state index >= 15 is 0 Å². The highest BCUT2D eigenvalue weighted by Crippen LogP contribution is 2.40. The second-order valence-corrected chi connectivity index (χ2v) is 8.63. The molecule has 3 N–H and O–H groups in total. The summed E-state index contributed by atoms with van der Waals surface area (Å²) in [7, 11) is 2.08. The van der Waals surface area contributed by atoms with Crippen LogP contribution >= 0.6 is 0 Å². The number of aryl methyl sites for hydroxylation is 3. The molecule has 4 nitrogen and oxygen atoms in total. The predicted octanol–water partition coefficient (Wildman–Crippen LogP) is 3.12. The van der Waals surface area contributed by atoms with E-state index in [1.54, 1.807) is 0 Å². The Labute approximate surface area is 156 Å². The van der Waals surface area contributed by atoms with Gasteiger partial charge in [-0.1, -0.05) is 18.2 Å². The third-order valence-corrected chi connectivity index (χ3v) is 6.72. The number of nitrogens with two attached hydrogens (primary N) is 1. The van der Waals surface area contributed by atoms with Crippen molar-refractivity contribution in [3.8, 4) is 0 Å². The number of aliphatic hydroxyl groups is 1. The topological polar surface area (TPSA) is 64.1 Å². The molecule has 1 aromatic carbocycles. The van der Waals surface area contributed by atoms with Gasteiger partial charge in [0, 0.05) is 24.5 Å². The Morgan fingerprint density at radius 1 is 1.31 bits per heavy atom. The molecular formula is C22H31N3O. The molecule has 4 rings (SSSR count). The van der Waals surface area contributed by atoms with Gasteiger partial charge in [0.25, 0.3) is 0 Å². The van der Waals surface area contributed by atoms with Crippen LogP contribution in [-0.2, 0) is 26.3 Å². The Kier molecular flexibility index (Phi) is 4.89. The summed E-state index contributed by atoms with van der Waals surface area (Å²) in [5.41, 5.74) is 11.7. The lowest BCUT2D eigenvalue weighted by Gasteiger charge is -2.26. The van der Waals surface area contributed by atoms with Gasteiger partial charge in [-0.3, -0.25) is 0 Å². The zero-order chi connectivity index (χ0) is 18.1. The molecule has 3 atom stereocenters. The highest BCUT2D eigenvalue weighted by atomic mass is 16.3. The molecule has 4 heteroatoms. The minimum Gasteiger partial charge on any atom is -0.394 e. The first-order valence-corrected chi connectivity index (χ1v) is 10.0. The second-order valence-electron chi connectivity index (χ2n) is 8.63. The fourth-order valence-corrected chi connectivity index (χ4v) is 4.91. The van der Waals surface area contributed by atoms with Crippen LogP contribution in [0.3, 0.4) is 0 Å². The number of rotatable bonds is 5. The lowest BCUT2D eigenvalue weighted by molar-refractivity contribution is 0.198. The molecule has 0 bridgehead atoms. The highest BCUT2D eigenvalue weighted by molar-refractivity contribution is 5.36. The summed E-state index contributed by atoms with van der Waals surface area (Å²) in [4.78, 5) is 4.22. The Balaban J connectivity index is 1.39. The van der Waals surface area contributed by atoms with E-state index in [0.29, 0.717) is 5.92 Å². The van der Waals surface area contributed by atoms with E-state index in [4.69, 9.17) is 5.73 Å². The van der Waals surface area contributed by atoms with Crippen molar-refractivity contribution in [2.45, 2.75) is 62.8 Å². The van der Waals surface area contributed by atoms with Crippen molar-refractivity contribution >= 4 is 0 Å². The molecule has 1 aromatic heterocycles. The summed E-state index contributed by atoms with van der Waals surface area (Å²) < 4.78 is 2.13. The van der Waals surface area contributed by atoms with E-state index < -0.39 is 0 Å². The smallest absolute Gasteiger partial charge is 0.0945 e. The first-order valence-electron chi connectivity index (χ1n) is 10.0. The van der Waals surface area contributed by atoms with Gasteiger partial charge in [-0.25, -0.2) is 4.98 Å². The quantitative estimate of drug-likeness (QED) is 0.868. The molecule has 1 saturated carbocycles. The SMILES string of the molecule is Cn1cncc1CCC1CCc2cc([C@H]3CC[C@](N)(CO)C3)ccc2C1. The van der Waals surface area contributed by atoms with Crippen molar-refractivity contribution in [3.05, 3.63) is 53.1 Å². The number of hydrogen-bond donors (Lipinski definition) is 2. The third kappa shape index (κ3) is 3.58. The van der Waals surface area contributed by atoms with Crippen molar-refractivity contribution < 1.29 is 5.11 Å². The summed E-state index contributed by atoms with van der Waals surface area (Å²) >= 11 is 0. The Morgan fingerprint density at radius 3 is 2.92 bits per heavy atom. The molecule has 0 amide bonds. The summed E-state index contributed by atoms with van der Waals surface area (Å²) in [5.74, 6) is 1.29. The van der Waals surface area contributed by atoms with Gasteiger partial charge in [-0.05, 0) is 79.9 Å². The number of aliphatic hydroxyl groups excluding tert-OH is 1. The first-order chi connectivity index (χ1) is 12.6. The normalized spacial score (nSPS) is 28.3. The molecule has 0 spiro atoms. The molecule has 0 saturated heterocycles. The molecule has 1 fully saturated rings. The summed E-state index contributed by atoms with van der Waals surface area (Å²) in [6, 6.07) is 7.10. The average Bonchev–Trinajstić information content (AvgIpc) is 3.26. The second kappa shape index (κ2) is 7.16. The fraction of sp³-hybridized carbons (Fsp3) is 0.591. The Bertz CT molecular complexity index is 768. The number of nitrogens with zero attached hydrogens (tertiary/aromatic N) is 2. The summed E-state index contributed by atoms with van der Waals surface area (Å²) in [6.07, 6.45) is 12.9. The van der Waals surface area contributed by atoms with Gasteiger partial charge in [0.05, 0.1) is 12.9 Å². The third-order valence-electron chi connectivity index (χ3n) is 6.72. The van der Waals surface area contributed by atoms with Crippen molar-refractivity contribution in [2.24, 2.45) is 18.7 Å². The molecule has 140 valence electrons. The van der Waals surface area contributed by atoms with Crippen LogP contribution in [0.5, 0.6) is 0 Å². The van der Waals surface area contributed by atoms with Gasteiger partial charge in [0.2, 0.25) is 0 Å². The van der Waals surface area contributed by atoms with Crippen LogP contribution < -0.4 is 5.73 Å². The lowest BCUT2D eigenvalue weighted by Crippen LogP contribution is -2.40. The van der Waals surface area contributed by atoms with Crippen LogP contribution in [0.25, 0.3) is 0 Å². The number of aromatic nitrogens is 2. The van der Waals surface area contributed by atoms with Crippen LogP contribution in [0.4, 0.5) is 0 Å². The maximum absolute atomic E-state index is 9.52. The van der Waals surface area contributed by atoms with E-state index in [2.05, 4.69) is 34.8 Å². The molecule has 0 aliphatic heterocycles. The van der Waals surface area contributed by atoms with Crippen molar-refractivity contribution in [1.29, 1.82) is 0 Å². The fourth-order valence-electron chi connectivity index (χ4n) is 4.91. The summed E-state index contributed by atoms with van der Waals surface area (Å²) in [6.45, 7) is 0.104. The van der Waals surface area contributed by atoms with Crippen molar-refractivity contribution in [3.63, 3.8) is 0 Å². The van der Waals surface area contributed by atoms with E-state index in [-0.39, 0.29) is 12.1 Å². The molecule has 2 aromatic rings. The zero-order valence-corrected chi connectivity index (χ0v) is 15.8. The van der Waals surface area contributed by atoms with E-state index in [9.17, 15) is 5.11 Å². The van der Waals surface area contributed by atoms with E-state index in [0.717, 1.165) is 31.6 Å². The van der Waals surface area contributed by atoms with Crippen LogP contribution in [0.2, 0.25) is 0 Å². The minimum atomic E-state index is -0.364. The van der Waals surface area contributed by atoms with Crippen LogP contribution in [0.1, 0.15) is 60.4 Å². The summed E-state index contributed by atoms with van der Waals surface area (Å²) in [5, 5.41) is 9.52. The van der Waals surface area contributed by atoms with Crippen LogP contribution in [-0.4, -0.2) is 26.8 Å². The number of fused-ring (bicyclic) bond motifs is 1. The van der Waals surface area contributed by atoms with Gasteiger partial charge in [-0.2, -0.15) is 0 Å². The number of imidazole rings is 1.